The topological polar surface area (TPSA) is 97.0 Å². The van der Waals surface area contributed by atoms with E-state index in [9.17, 15) is 13.2 Å². The first-order chi connectivity index (χ1) is 12.5. The van der Waals surface area contributed by atoms with Crippen molar-refractivity contribution in [2.75, 3.05) is 45.7 Å². The summed E-state index contributed by atoms with van der Waals surface area (Å²) in [7, 11) is -0.360. The number of carbonyl (C=O) groups excluding carboxylic acids is 1. The van der Waals surface area contributed by atoms with Crippen LogP contribution < -0.4 is 20.1 Å². The highest BCUT2D eigenvalue weighted by Gasteiger charge is 2.33. The number of hydrogen-bond acceptors (Lipinski definition) is 6. The number of piperidine rings is 1. The van der Waals surface area contributed by atoms with E-state index >= 15 is 0 Å². The number of hydrogen-bond donors (Lipinski definition) is 2. The van der Waals surface area contributed by atoms with E-state index in [1.807, 2.05) is 7.05 Å². The lowest BCUT2D eigenvalue weighted by molar-refractivity contribution is -0.118. The number of sulfonamides is 1. The molecule has 2 aliphatic rings. The first kappa shape index (κ1) is 18.9. The van der Waals surface area contributed by atoms with Crippen LogP contribution in [-0.2, 0) is 14.8 Å². The van der Waals surface area contributed by atoms with E-state index in [-0.39, 0.29) is 23.2 Å². The summed E-state index contributed by atoms with van der Waals surface area (Å²) in [5, 5.41) is 5.80. The fraction of sp³-hybridized carbons (Fsp3) is 0.588. The molecule has 0 saturated carbocycles. The molecule has 2 heterocycles. The van der Waals surface area contributed by atoms with Crippen LogP contribution in [0.4, 0.5) is 5.69 Å². The molecule has 1 amide bonds. The number of benzene rings is 1. The Hall–Kier alpha value is -1.84. The van der Waals surface area contributed by atoms with Gasteiger partial charge >= 0.3 is 0 Å². The predicted octanol–water partition coefficient (Wildman–Crippen LogP) is 1.04. The van der Waals surface area contributed by atoms with Crippen molar-refractivity contribution in [1.29, 1.82) is 0 Å². The van der Waals surface area contributed by atoms with E-state index in [0.717, 1.165) is 25.8 Å². The fourth-order valence-electron chi connectivity index (χ4n) is 3.37. The molecule has 1 aromatic rings. The summed E-state index contributed by atoms with van der Waals surface area (Å²) >= 11 is 0. The lowest BCUT2D eigenvalue weighted by Crippen LogP contribution is -2.39. The molecule has 2 aliphatic heterocycles. The van der Waals surface area contributed by atoms with Gasteiger partial charge in [-0.15, -0.1) is 0 Å². The average molecular weight is 383 g/mol. The molecule has 26 heavy (non-hydrogen) atoms. The van der Waals surface area contributed by atoms with Crippen LogP contribution in [0.5, 0.6) is 11.5 Å². The Morgan fingerprint density at radius 1 is 1.35 bits per heavy atom. The molecule has 1 fully saturated rings. The van der Waals surface area contributed by atoms with Crippen molar-refractivity contribution in [2.45, 2.75) is 24.2 Å². The highest BCUT2D eigenvalue weighted by molar-refractivity contribution is 7.89. The monoisotopic (exact) mass is 383 g/mol. The average Bonchev–Trinajstić information content (AvgIpc) is 2.65. The number of fused-ring (bicyclic) bond motifs is 1. The Bertz CT molecular complexity index is 773. The molecule has 0 unspecified atom stereocenters. The van der Waals surface area contributed by atoms with Crippen molar-refractivity contribution in [3.05, 3.63) is 12.1 Å². The molecule has 0 spiro atoms. The summed E-state index contributed by atoms with van der Waals surface area (Å²) in [5.74, 6) is 0.802. The molecule has 3 rings (SSSR count). The van der Waals surface area contributed by atoms with Gasteiger partial charge in [0, 0.05) is 25.2 Å². The molecule has 0 atom stereocenters. The molecule has 0 radical (unpaired) electrons. The predicted molar refractivity (Wildman–Crippen MR) is 97.1 cm³/mol. The number of ether oxygens (including phenoxy) is 2. The minimum absolute atomic E-state index is 0.0728. The van der Waals surface area contributed by atoms with E-state index < -0.39 is 10.0 Å². The van der Waals surface area contributed by atoms with Gasteiger partial charge in [-0.3, -0.25) is 4.79 Å². The smallest absolute Gasteiger partial charge is 0.262 e. The minimum Gasteiger partial charge on any atom is -0.495 e. The molecular weight excluding hydrogens is 358 g/mol. The van der Waals surface area contributed by atoms with E-state index in [4.69, 9.17) is 9.47 Å². The van der Waals surface area contributed by atoms with Crippen LogP contribution in [0.3, 0.4) is 0 Å². The van der Waals surface area contributed by atoms with Gasteiger partial charge in [-0.2, -0.15) is 4.31 Å². The number of anilines is 1. The first-order valence-electron chi connectivity index (χ1n) is 8.75. The van der Waals surface area contributed by atoms with Crippen LogP contribution in [0.25, 0.3) is 0 Å². The Kier molecular flexibility index (Phi) is 5.69. The second kappa shape index (κ2) is 7.81. The SMILES string of the molecule is CNCCC1CCN(S(=O)(=O)c2cc3c(cc2OC)NC(=O)CO3)CC1. The van der Waals surface area contributed by atoms with Crippen molar-refractivity contribution in [3.8, 4) is 11.5 Å². The number of nitrogens with zero attached hydrogens (tertiary/aromatic N) is 1. The van der Waals surface area contributed by atoms with E-state index in [1.54, 1.807) is 0 Å². The van der Waals surface area contributed by atoms with Crippen molar-refractivity contribution in [3.63, 3.8) is 0 Å². The first-order valence-corrected chi connectivity index (χ1v) is 10.2. The van der Waals surface area contributed by atoms with Crippen molar-refractivity contribution in [1.82, 2.24) is 9.62 Å². The van der Waals surface area contributed by atoms with Gasteiger partial charge in [0.1, 0.15) is 16.4 Å². The zero-order valence-electron chi connectivity index (χ0n) is 15.1. The van der Waals surface area contributed by atoms with Gasteiger partial charge in [0.15, 0.2) is 6.61 Å². The van der Waals surface area contributed by atoms with Gasteiger partial charge in [-0.25, -0.2) is 8.42 Å². The lowest BCUT2D eigenvalue weighted by Gasteiger charge is -2.32. The highest BCUT2D eigenvalue weighted by Crippen LogP contribution is 2.39. The number of rotatable bonds is 6. The van der Waals surface area contributed by atoms with Crippen LogP contribution in [0.2, 0.25) is 0 Å². The van der Waals surface area contributed by atoms with Crippen LogP contribution in [0.1, 0.15) is 19.3 Å². The quantitative estimate of drug-likeness (QED) is 0.762. The molecule has 9 heteroatoms. The Morgan fingerprint density at radius 2 is 2.08 bits per heavy atom. The Labute approximate surface area is 153 Å². The van der Waals surface area contributed by atoms with E-state index in [1.165, 1.54) is 23.5 Å². The van der Waals surface area contributed by atoms with Gasteiger partial charge in [0.25, 0.3) is 5.91 Å². The summed E-state index contributed by atoms with van der Waals surface area (Å²) in [5.41, 5.74) is 0.419. The molecule has 2 N–H and O–H groups in total. The Morgan fingerprint density at radius 3 is 2.73 bits per heavy atom. The molecule has 0 aromatic heterocycles. The van der Waals surface area contributed by atoms with Gasteiger partial charge < -0.3 is 20.1 Å². The highest BCUT2D eigenvalue weighted by atomic mass is 32.2. The van der Waals surface area contributed by atoms with Crippen LogP contribution >= 0.6 is 0 Å². The summed E-state index contributed by atoms with van der Waals surface area (Å²) in [6.45, 7) is 1.80. The number of carbonyl (C=O) groups is 1. The largest absolute Gasteiger partial charge is 0.495 e. The maximum Gasteiger partial charge on any atom is 0.262 e. The van der Waals surface area contributed by atoms with E-state index in [2.05, 4.69) is 10.6 Å². The van der Waals surface area contributed by atoms with Crippen molar-refractivity contribution >= 4 is 21.6 Å². The molecule has 1 aromatic carbocycles. The van der Waals surface area contributed by atoms with Crippen molar-refractivity contribution < 1.29 is 22.7 Å². The fourth-order valence-corrected chi connectivity index (χ4v) is 5.00. The number of nitrogens with one attached hydrogen (secondary N) is 2. The maximum absolute atomic E-state index is 13.1. The standard InChI is InChI=1S/C17H25N3O5S/c1-18-6-3-12-4-7-20(8-5-12)26(22,23)16-10-14-13(9-15(16)24-2)19-17(21)11-25-14/h9-10,12,18H,3-8,11H2,1-2H3,(H,19,21). The van der Waals surface area contributed by atoms with Crippen LogP contribution in [-0.4, -0.2) is 59.0 Å². The molecule has 0 bridgehead atoms. The van der Waals surface area contributed by atoms with E-state index in [0.29, 0.717) is 30.4 Å². The zero-order valence-corrected chi connectivity index (χ0v) is 15.9. The molecule has 1 saturated heterocycles. The second-order valence-corrected chi connectivity index (χ2v) is 8.48. The maximum atomic E-state index is 13.1. The summed E-state index contributed by atoms with van der Waals surface area (Å²) < 4.78 is 38.4. The molecule has 144 valence electrons. The van der Waals surface area contributed by atoms with Gasteiger partial charge in [0.05, 0.1) is 12.8 Å². The van der Waals surface area contributed by atoms with Gasteiger partial charge in [-0.1, -0.05) is 0 Å². The zero-order chi connectivity index (χ0) is 18.7. The third-order valence-corrected chi connectivity index (χ3v) is 6.81. The Balaban J connectivity index is 1.82. The van der Waals surface area contributed by atoms with Crippen LogP contribution in [0.15, 0.2) is 17.0 Å². The normalized spacial score (nSPS) is 18.8. The number of amides is 1. The second-order valence-electron chi connectivity index (χ2n) is 6.58. The van der Waals surface area contributed by atoms with Gasteiger partial charge in [0.2, 0.25) is 10.0 Å². The van der Waals surface area contributed by atoms with Crippen LogP contribution in [0, 0.1) is 5.92 Å². The molecular formula is C17H25N3O5S. The summed E-state index contributed by atoms with van der Waals surface area (Å²) in [6.07, 6.45) is 2.75. The third-order valence-electron chi connectivity index (χ3n) is 4.89. The van der Waals surface area contributed by atoms with Crippen molar-refractivity contribution in [2.24, 2.45) is 5.92 Å². The lowest BCUT2D eigenvalue weighted by atomic mass is 9.95. The minimum atomic E-state index is -3.70. The molecule has 8 nitrogen and oxygen atoms in total. The third kappa shape index (κ3) is 3.79. The van der Waals surface area contributed by atoms with Gasteiger partial charge in [-0.05, 0) is 38.8 Å². The summed E-state index contributed by atoms with van der Waals surface area (Å²) in [6, 6.07) is 2.94. The summed E-state index contributed by atoms with van der Waals surface area (Å²) in [4.78, 5) is 11.5. The molecule has 0 aliphatic carbocycles. The number of methoxy groups -OCH3 is 1.